The quantitative estimate of drug-likeness (QED) is 0.429. The zero-order valence-corrected chi connectivity index (χ0v) is 14.7. The highest BCUT2D eigenvalue weighted by Crippen LogP contribution is 2.26. The van der Waals surface area contributed by atoms with Gasteiger partial charge in [0.25, 0.3) is 0 Å². The Bertz CT molecular complexity index is 356. The number of unbranched alkanes of at least 4 members (excludes halogenated alkanes) is 2. The molecule has 0 aliphatic rings. The highest BCUT2D eigenvalue weighted by molar-refractivity contribution is 5.83. The molecule has 0 rings (SSSR count). The molecule has 0 spiro atoms. The first-order valence-corrected chi connectivity index (χ1v) is 8.42. The summed E-state index contributed by atoms with van der Waals surface area (Å²) in [5, 5.41) is 31.2. The van der Waals surface area contributed by atoms with E-state index >= 15 is 0 Å². The third kappa shape index (κ3) is 10.8. The minimum absolute atomic E-state index is 0.203. The van der Waals surface area contributed by atoms with E-state index in [9.17, 15) is 20.1 Å². The first-order chi connectivity index (χ1) is 10.1. The summed E-state index contributed by atoms with van der Waals surface area (Å²) >= 11 is 0. The molecule has 0 amide bonds. The van der Waals surface area contributed by atoms with Crippen molar-refractivity contribution >= 4 is 5.97 Å². The van der Waals surface area contributed by atoms with Crippen LogP contribution in [-0.4, -0.2) is 27.4 Å². The molecule has 2 atom stereocenters. The summed E-state index contributed by atoms with van der Waals surface area (Å²) in [6.45, 7) is 7.27. The van der Waals surface area contributed by atoms with Gasteiger partial charge in [-0.25, -0.2) is 0 Å². The number of hydrogen-bond acceptors (Lipinski definition) is 4. The van der Waals surface area contributed by atoms with Gasteiger partial charge in [-0.3, -0.25) is 0 Å². The Morgan fingerprint density at radius 1 is 1.00 bits per heavy atom. The Kier molecular flexibility index (Phi) is 9.61. The maximum atomic E-state index is 10.6. The van der Waals surface area contributed by atoms with Crippen LogP contribution in [0.25, 0.3) is 0 Å². The molecule has 2 N–H and O–H groups in total. The number of aliphatic hydroxyl groups is 2. The lowest BCUT2D eigenvalue weighted by Crippen LogP contribution is -2.28. The molecule has 0 heterocycles. The average molecular weight is 313 g/mol. The largest absolute Gasteiger partial charge is 0.545 e. The molecule has 4 nitrogen and oxygen atoms in total. The van der Waals surface area contributed by atoms with Crippen molar-refractivity contribution in [3.8, 4) is 0 Å². The van der Waals surface area contributed by atoms with Crippen molar-refractivity contribution < 1.29 is 20.1 Å². The number of carbonyl (C=O) groups is 1. The van der Waals surface area contributed by atoms with Gasteiger partial charge in [0, 0.05) is 0 Å². The molecule has 4 heteroatoms. The molecule has 0 aromatic rings. The second-order valence-corrected chi connectivity index (χ2v) is 7.02. The predicted octanol–water partition coefficient (Wildman–Crippen LogP) is 2.72. The Labute approximate surface area is 135 Å². The van der Waals surface area contributed by atoms with Gasteiger partial charge in [0.15, 0.2) is 0 Å². The van der Waals surface area contributed by atoms with E-state index in [0.29, 0.717) is 25.7 Å². The minimum atomic E-state index is -1.16. The smallest absolute Gasteiger partial charge is 0.0668 e. The molecule has 0 saturated heterocycles. The van der Waals surface area contributed by atoms with Crippen molar-refractivity contribution in [3.63, 3.8) is 0 Å². The standard InChI is InChI=1S/C18H34O4/c1-5-6-7-11-17(3,21)13-9-14-18(4,22)12-8-10-15(2)16(19)20/h10,21-22H,5-9,11-14H2,1-4H3,(H,19,20)/p-1/b15-10+. The van der Waals surface area contributed by atoms with Gasteiger partial charge in [-0.2, -0.15) is 0 Å². The predicted molar refractivity (Wildman–Crippen MR) is 87.2 cm³/mol. The Balaban J connectivity index is 4.06. The van der Waals surface area contributed by atoms with Gasteiger partial charge in [0.1, 0.15) is 0 Å². The van der Waals surface area contributed by atoms with Gasteiger partial charge >= 0.3 is 0 Å². The maximum Gasteiger partial charge on any atom is 0.0668 e. The summed E-state index contributed by atoms with van der Waals surface area (Å²) in [4.78, 5) is 10.6. The molecule has 0 saturated carbocycles. The number of rotatable bonds is 12. The van der Waals surface area contributed by atoms with Gasteiger partial charge < -0.3 is 20.1 Å². The van der Waals surface area contributed by atoms with E-state index in [-0.39, 0.29) is 5.57 Å². The van der Waals surface area contributed by atoms with Crippen LogP contribution in [0.1, 0.15) is 85.5 Å². The van der Waals surface area contributed by atoms with Gasteiger partial charge in [-0.1, -0.05) is 32.3 Å². The molecular weight excluding hydrogens is 280 g/mol. The summed E-state index contributed by atoms with van der Waals surface area (Å²) in [5.74, 6) is -1.16. The number of hydrogen-bond donors (Lipinski definition) is 2. The topological polar surface area (TPSA) is 80.6 Å². The number of aliphatic carboxylic acids is 1. The fourth-order valence-corrected chi connectivity index (χ4v) is 2.54. The number of carboxylic acid groups (broad SMARTS) is 1. The van der Waals surface area contributed by atoms with Gasteiger partial charge in [0.2, 0.25) is 0 Å². The lowest BCUT2D eigenvalue weighted by atomic mass is 9.87. The lowest BCUT2D eigenvalue weighted by Gasteiger charge is -2.27. The highest BCUT2D eigenvalue weighted by Gasteiger charge is 2.23. The van der Waals surface area contributed by atoms with Gasteiger partial charge in [-0.15, -0.1) is 0 Å². The summed E-state index contributed by atoms with van der Waals surface area (Å²) < 4.78 is 0. The van der Waals surface area contributed by atoms with Crippen LogP contribution in [0.4, 0.5) is 0 Å². The van der Waals surface area contributed by atoms with E-state index in [1.54, 1.807) is 13.0 Å². The van der Waals surface area contributed by atoms with Crippen molar-refractivity contribution in [1.29, 1.82) is 0 Å². The van der Waals surface area contributed by atoms with Crippen LogP contribution < -0.4 is 5.11 Å². The van der Waals surface area contributed by atoms with E-state index in [2.05, 4.69) is 6.92 Å². The van der Waals surface area contributed by atoms with Gasteiger partial charge in [-0.05, 0) is 64.9 Å². The maximum absolute atomic E-state index is 10.6. The lowest BCUT2D eigenvalue weighted by molar-refractivity contribution is -0.299. The van der Waals surface area contributed by atoms with E-state index < -0.39 is 17.2 Å². The molecule has 2 unspecified atom stereocenters. The van der Waals surface area contributed by atoms with E-state index in [1.165, 1.54) is 6.92 Å². The van der Waals surface area contributed by atoms with Crippen molar-refractivity contribution in [2.75, 3.05) is 0 Å². The Morgan fingerprint density at radius 2 is 1.50 bits per heavy atom. The zero-order chi connectivity index (χ0) is 17.2. The van der Waals surface area contributed by atoms with Crippen LogP contribution in [0, 0.1) is 0 Å². The van der Waals surface area contributed by atoms with Gasteiger partial charge in [0.05, 0.1) is 17.2 Å². The Hall–Kier alpha value is -0.870. The third-order valence-electron chi connectivity index (χ3n) is 4.21. The van der Waals surface area contributed by atoms with E-state index in [4.69, 9.17) is 0 Å². The van der Waals surface area contributed by atoms with E-state index in [0.717, 1.165) is 32.1 Å². The molecule has 130 valence electrons. The molecule has 0 bridgehead atoms. The van der Waals surface area contributed by atoms with Crippen LogP contribution in [-0.2, 0) is 4.79 Å². The molecular formula is C18H33O4-. The fraction of sp³-hybridized carbons (Fsp3) is 0.833. The number of carboxylic acids is 1. The van der Waals surface area contributed by atoms with Crippen molar-refractivity contribution in [1.82, 2.24) is 0 Å². The number of allylic oxidation sites excluding steroid dienone is 1. The summed E-state index contributed by atoms with van der Waals surface area (Å²) in [6.07, 6.45) is 8.77. The SMILES string of the molecule is CCCCCC(C)(O)CCCC(C)(O)CC/C=C(\C)C(=O)[O-]. The first-order valence-electron chi connectivity index (χ1n) is 8.42. The summed E-state index contributed by atoms with van der Waals surface area (Å²) in [5.41, 5.74) is -1.28. The third-order valence-corrected chi connectivity index (χ3v) is 4.21. The molecule has 0 aromatic heterocycles. The van der Waals surface area contributed by atoms with Crippen LogP contribution in [0.3, 0.4) is 0 Å². The molecule has 0 fully saturated rings. The second-order valence-electron chi connectivity index (χ2n) is 7.02. The number of carbonyl (C=O) groups excluding carboxylic acids is 1. The monoisotopic (exact) mass is 313 g/mol. The van der Waals surface area contributed by atoms with Crippen molar-refractivity contribution in [2.45, 2.75) is 96.7 Å². The molecule has 0 aromatic carbocycles. The second kappa shape index (κ2) is 10.0. The van der Waals surface area contributed by atoms with Crippen molar-refractivity contribution in [2.24, 2.45) is 0 Å². The fourth-order valence-electron chi connectivity index (χ4n) is 2.54. The average Bonchev–Trinajstić information content (AvgIpc) is 2.37. The first kappa shape index (κ1) is 21.1. The summed E-state index contributed by atoms with van der Waals surface area (Å²) in [7, 11) is 0. The zero-order valence-electron chi connectivity index (χ0n) is 14.7. The Morgan fingerprint density at radius 3 is 2.00 bits per heavy atom. The normalized spacial score (nSPS) is 17.8. The molecule has 22 heavy (non-hydrogen) atoms. The van der Waals surface area contributed by atoms with Crippen LogP contribution >= 0.6 is 0 Å². The molecule has 0 aliphatic carbocycles. The van der Waals surface area contributed by atoms with Crippen LogP contribution in [0.15, 0.2) is 11.6 Å². The highest BCUT2D eigenvalue weighted by atomic mass is 16.4. The van der Waals surface area contributed by atoms with Crippen molar-refractivity contribution in [3.05, 3.63) is 11.6 Å². The van der Waals surface area contributed by atoms with Crippen LogP contribution in [0.2, 0.25) is 0 Å². The van der Waals surface area contributed by atoms with Crippen LogP contribution in [0.5, 0.6) is 0 Å². The molecule has 0 aliphatic heterocycles. The van der Waals surface area contributed by atoms with E-state index in [1.807, 2.05) is 6.92 Å². The molecule has 0 radical (unpaired) electrons. The summed E-state index contributed by atoms with van der Waals surface area (Å²) in [6, 6.07) is 0. The minimum Gasteiger partial charge on any atom is -0.545 e.